The zero-order valence-corrected chi connectivity index (χ0v) is 13.1. The van der Waals surface area contributed by atoms with Crippen molar-refractivity contribution in [1.29, 1.82) is 0 Å². The molecule has 1 aromatic rings. The van der Waals surface area contributed by atoms with E-state index in [2.05, 4.69) is 4.99 Å². The average Bonchev–Trinajstić information content (AvgIpc) is 2.69. The summed E-state index contributed by atoms with van der Waals surface area (Å²) in [4.78, 5) is 26.9. The van der Waals surface area contributed by atoms with Crippen molar-refractivity contribution in [2.24, 2.45) is 4.99 Å². The molecule has 1 aromatic carbocycles. The molecular weight excluding hydrogens is 395 g/mol. The van der Waals surface area contributed by atoms with Crippen molar-refractivity contribution in [1.82, 2.24) is 3.11 Å². The van der Waals surface area contributed by atoms with E-state index in [4.69, 9.17) is 11.6 Å². The van der Waals surface area contributed by atoms with Gasteiger partial charge in [-0.3, -0.25) is 12.7 Å². The largest absolute Gasteiger partial charge is 0.503 e. The molecule has 0 saturated heterocycles. The Labute approximate surface area is 134 Å². The fourth-order valence-electron chi connectivity index (χ4n) is 1.63. The van der Waals surface area contributed by atoms with Crippen LogP contribution < -0.4 is 0 Å². The molecule has 7 heteroatoms. The summed E-state index contributed by atoms with van der Waals surface area (Å²) in [5.74, 6) is -1.68. The van der Waals surface area contributed by atoms with E-state index >= 15 is 0 Å². The molecule has 0 aliphatic carbocycles. The highest BCUT2D eigenvalue weighted by Gasteiger charge is 2.32. The van der Waals surface area contributed by atoms with Crippen molar-refractivity contribution in [2.45, 2.75) is 6.42 Å². The minimum absolute atomic E-state index is 0.0248. The molecule has 1 N–H and O–H groups in total. The fraction of sp³-hybridized carbons (Fsp3) is 0.154. The summed E-state index contributed by atoms with van der Waals surface area (Å²) in [7, 11) is 0. The summed E-state index contributed by atoms with van der Waals surface area (Å²) < 4.78 is 1.23. The summed E-state index contributed by atoms with van der Waals surface area (Å²) in [5, 5.41) is 10.2. The van der Waals surface area contributed by atoms with Crippen LogP contribution in [0, 0.1) is 0 Å². The van der Waals surface area contributed by atoms with Crippen LogP contribution in [0.2, 0.25) is 5.02 Å². The molecule has 0 atom stereocenters. The number of rotatable bonds is 3. The van der Waals surface area contributed by atoms with E-state index in [1.807, 2.05) is 12.1 Å². The lowest BCUT2D eigenvalue weighted by molar-refractivity contribution is -0.122. The normalized spacial score (nSPS) is 15.5. The maximum Gasteiger partial charge on any atom is 0.298 e. The van der Waals surface area contributed by atoms with Gasteiger partial charge in [0.25, 0.3) is 11.8 Å². The molecule has 0 spiro atoms. The number of aliphatic hydroxyl groups is 1. The Morgan fingerprint density at radius 3 is 2.65 bits per heavy atom. The van der Waals surface area contributed by atoms with Crippen LogP contribution >= 0.6 is 34.5 Å². The molecule has 0 aromatic heterocycles. The molecular formula is C13H10ClIN2O3. The first-order valence-corrected chi connectivity index (χ1v) is 7.04. The Morgan fingerprint density at radius 1 is 1.45 bits per heavy atom. The predicted molar refractivity (Wildman–Crippen MR) is 84.0 cm³/mol. The maximum absolute atomic E-state index is 11.8. The van der Waals surface area contributed by atoms with Crippen molar-refractivity contribution in [3.63, 3.8) is 0 Å². The second-order valence-corrected chi connectivity index (χ2v) is 5.70. The molecule has 0 radical (unpaired) electrons. The van der Waals surface area contributed by atoms with Crippen LogP contribution in [0.25, 0.3) is 0 Å². The first-order chi connectivity index (χ1) is 9.49. The molecule has 1 heterocycles. The maximum atomic E-state index is 11.8. The van der Waals surface area contributed by atoms with Gasteiger partial charge in [0.15, 0.2) is 5.76 Å². The van der Waals surface area contributed by atoms with E-state index in [-0.39, 0.29) is 12.1 Å². The van der Waals surface area contributed by atoms with Gasteiger partial charge >= 0.3 is 0 Å². The molecule has 0 saturated carbocycles. The van der Waals surface area contributed by atoms with Crippen molar-refractivity contribution < 1.29 is 14.7 Å². The molecule has 104 valence electrons. The van der Waals surface area contributed by atoms with E-state index < -0.39 is 17.6 Å². The van der Waals surface area contributed by atoms with Crippen LogP contribution in [-0.4, -0.2) is 32.8 Å². The van der Waals surface area contributed by atoms with Crippen molar-refractivity contribution in [2.75, 3.05) is 6.54 Å². The molecule has 1 aliphatic rings. The van der Waals surface area contributed by atoms with Gasteiger partial charge in [0.05, 0.1) is 35.0 Å². The van der Waals surface area contributed by atoms with Gasteiger partial charge in [-0.15, -0.1) is 0 Å². The zero-order chi connectivity index (χ0) is 14.7. The van der Waals surface area contributed by atoms with E-state index in [0.717, 1.165) is 5.56 Å². The first-order valence-electron chi connectivity index (χ1n) is 5.70. The number of aliphatic imine (C=N–C) groups is 1. The zero-order valence-electron chi connectivity index (χ0n) is 10.2. The van der Waals surface area contributed by atoms with Crippen LogP contribution in [-0.2, 0) is 16.0 Å². The van der Waals surface area contributed by atoms with Gasteiger partial charge in [0.2, 0.25) is 0 Å². The van der Waals surface area contributed by atoms with Crippen molar-refractivity contribution >= 4 is 52.5 Å². The van der Waals surface area contributed by atoms with Crippen LogP contribution in [0.15, 0.2) is 40.6 Å². The van der Waals surface area contributed by atoms with E-state index in [0.29, 0.717) is 11.4 Å². The van der Waals surface area contributed by atoms with Crippen LogP contribution in [0.4, 0.5) is 0 Å². The number of aliphatic hydroxyl groups excluding tert-OH is 1. The standard InChI is InChI=1S/C13H10ClIN2O3/c14-9-3-1-8(2-4-9)5-6-16-12(19)10-7-17(15)13(20)11(10)18/h1-4,6,18H,5,7H2. The van der Waals surface area contributed by atoms with E-state index in [9.17, 15) is 14.7 Å². The summed E-state index contributed by atoms with van der Waals surface area (Å²) in [6, 6.07) is 7.18. The minimum Gasteiger partial charge on any atom is -0.503 e. The lowest BCUT2D eigenvalue weighted by atomic mass is 10.2. The van der Waals surface area contributed by atoms with Gasteiger partial charge in [0, 0.05) is 17.7 Å². The monoisotopic (exact) mass is 404 g/mol. The number of carbonyl (C=O) groups is 2. The third-order valence-corrected chi connectivity index (χ3v) is 3.74. The molecule has 0 fully saturated rings. The number of hydrogen-bond donors (Lipinski definition) is 1. The number of hydrogen-bond acceptors (Lipinski definition) is 3. The van der Waals surface area contributed by atoms with Crippen LogP contribution in [0.3, 0.4) is 0 Å². The second-order valence-electron chi connectivity index (χ2n) is 4.10. The minimum atomic E-state index is -0.594. The number of benzene rings is 1. The summed E-state index contributed by atoms with van der Waals surface area (Å²) in [6.45, 7) is 0.0718. The van der Waals surface area contributed by atoms with Crippen molar-refractivity contribution in [3.05, 3.63) is 46.2 Å². The Bertz CT molecular complexity index is 611. The predicted octanol–water partition coefficient (Wildman–Crippen LogP) is 2.48. The lowest BCUT2D eigenvalue weighted by Gasteiger charge is -2.02. The van der Waals surface area contributed by atoms with Gasteiger partial charge in [-0.1, -0.05) is 23.7 Å². The van der Waals surface area contributed by atoms with E-state index in [1.54, 1.807) is 35.0 Å². The third-order valence-electron chi connectivity index (χ3n) is 2.71. The first kappa shape index (κ1) is 15.0. The quantitative estimate of drug-likeness (QED) is 0.478. The molecule has 1 aliphatic heterocycles. The molecule has 5 nitrogen and oxygen atoms in total. The van der Waals surface area contributed by atoms with Gasteiger partial charge in [-0.05, 0) is 17.7 Å². The number of nitrogens with zero attached hydrogens (tertiary/aromatic N) is 2. The Morgan fingerprint density at radius 2 is 2.10 bits per heavy atom. The van der Waals surface area contributed by atoms with Gasteiger partial charge < -0.3 is 5.11 Å². The van der Waals surface area contributed by atoms with E-state index in [1.165, 1.54) is 9.33 Å². The highest BCUT2D eigenvalue weighted by Crippen LogP contribution is 2.21. The van der Waals surface area contributed by atoms with Crippen LogP contribution in [0.5, 0.6) is 0 Å². The molecule has 2 rings (SSSR count). The van der Waals surface area contributed by atoms with Gasteiger partial charge in [-0.25, -0.2) is 4.99 Å². The molecule has 2 amide bonds. The molecule has 20 heavy (non-hydrogen) atoms. The summed E-state index contributed by atoms with van der Waals surface area (Å²) >= 11 is 7.50. The number of amides is 2. The summed E-state index contributed by atoms with van der Waals surface area (Å²) in [5.41, 5.74) is 0.985. The Kier molecular flexibility index (Phi) is 4.77. The fourth-order valence-corrected chi connectivity index (χ4v) is 2.33. The highest BCUT2D eigenvalue weighted by atomic mass is 127. The number of carbonyl (C=O) groups excluding carboxylic acids is 2. The average molecular weight is 405 g/mol. The van der Waals surface area contributed by atoms with Gasteiger partial charge in [0.1, 0.15) is 0 Å². The lowest BCUT2D eigenvalue weighted by Crippen LogP contribution is -2.15. The molecule has 0 bridgehead atoms. The third kappa shape index (κ3) is 3.37. The Hall–Kier alpha value is -1.41. The topological polar surface area (TPSA) is 70.0 Å². The van der Waals surface area contributed by atoms with Crippen molar-refractivity contribution in [3.8, 4) is 0 Å². The highest BCUT2D eigenvalue weighted by molar-refractivity contribution is 14.1. The second kappa shape index (κ2) is 6.36. The smallest absolute Gasteiger partial charge is 0.298 e. The van der Waals surface area contributed by atoms with Crippen LogP contribution in [0.1, 0.15) is 5.56 Å². The summed E-state index contributed by atoms with van der Waals surface area (Å²) in [6.07, 6.45) is 1.92. The molecule has 0 unspecified atom stereocenters. The number of halogens is 2. The Balaban J connectivity index is 2.00. The SMILES string of the molecule is O=C(N=CCc1ccc(Cl)cc1)C1=C(O)C(=O)N(I)C1. The van der Waals surface area contributed by atoms with Gasteiger partial charge in [-0.2, -0.15) is 0 Å².